The Bertz CT molecular complexity index is 1450. The molecule has 4 aromatic rings. The zero-order valence-electron chi connectivity index (χ0n) is 16.3. The molecule has 0 amide bonds. The van der Waals surface area contributed by atoms with Gasteiger partial charge in [-0.1, -0.05) is 18.2 Å². The van der Waals surface area contributed by atoms with E-state index in [2.05, 4.69) is 14.7 Å². The molecule has 0 atom stereocenters. The smallest absolute Gasteiger partial charge is 0.340 e. The fourth-order valence-electron chi connectivity index (χ4n) is 3.33. The molecule has 0 saturated heterocycles. The first-order chi connectivity index (χ1) is 14.3. The molecule has 9 heteroatoms. The van der Waals surface area contributed by atoms with Crippen molar-refractivity contribution in [2.75, 3.05) is 11.3 Å². The van der Waals surface area contributed by atoms with Crippen molar-refractivity contribution in [3.8, 4) is 0 Å². The van der Waals surface area contributed by atoms with E-state index in [-0.39, 0.29) is 22.6 Å². The minimum absolute atomic E-state index is 0.00242. The van der Waals surface area contributed by atoms with Crippen LogP contribution in [-0.4, -0.2) is 31.0 Å². The summed E-state index contributed by atoms with van der Waals surface area (Å²) in [5, 5.41) is 0.738. The summed E-state index contributed by atoms with van der Waals surface area (Å²) in [7, 11) is -3.90. The molecule has 2 heterocycles. The van der Waals surface area contributed by atoms with E-state index >= 15 is 0 Å². The summed E-state index contributed by atoms with van der Waals surface area (Å²) in [5.41, 5.74) is 1.59. The third kappa shape index (κ3) is 3.33. The van der Waals surface area contributed by atoms with Crippen molar-refractivity contribution in [2.45, 2.75) is 18.7 Å². The zero-order chi connectivity index (χ0) is 21.5. The Labute approximate surface area is 171 Å². The van der Waals surface area contributed by atoms with Crippen LogP contribution >= 0.6 is 0 Å². The normalized spacial score (nSPS) is 11.7. The minimum atomic E-state index is -3.90. The number of carbonyl (C=O) groups is 1. The molecule has 0 fully saturated rings. The monoisotopic (exact) mass is 425 g/mol. The number of pyridine rings is 1. The van der Waals surface area contributed by atoms with Crippen LogP contribution in [0.25, 0.3) is 21.8 Å². The lowest BCUT2D eigenvalue weighted by atomic mass is 10.1. The van der Waals surface area contributed by atoms with Crippen LogP contribution in [0.2, 0.25) is 0 Å². The molecule has 0 radical (unpaired) electrons. The molecule has 0 aliphatic rings. The first-order valence-electron chi connectivity index (χ1n) is 9.24. The summed E-state index contributed by atoms with van der Waals surface area (Å²) in [4.78, 5) is 30.2. The van der Waals surface area contributed by atoms with Crippen LogP contribution < -0.4 is 10.3 Å². The topological polar surface area (TPSA) is 121 Å². The molecule has 4 rings (SSSR count). The van der Waals surface area contributed by atoms with Crippen molar-refractivity contribution >= 4 is 43.5 Å². The van der Waals surface area contributed by atoms with Crippen LogP contribution in [0.5, 0.6) is 0 Å². The summed E-state index contributed by atoms with van der Waals surface area (Å²) in [6.07, 6.45) is 1.39. The lowest BCUT2D eigenvalue weighted by Gasteiger charge is -2.11. The van der Waals surface area contributed by atoms with Gasteiger partial charge in [-0.3, -0.25) is 9.52 Å². The van der Waals surface area contributed by atoms with Crippen LogP contribution in [0.1, 0.15) is 22.8 Å². The third-order valence-electron chi connectivity index (χ3n) is 4.81. The molecule has 8 nitrogen and oxygen atoms in total. The van der Waals surface area contributed by atoms with Crippen molar-refractivity contribution in [3.63, 3.8) is 0 Å². The maximum absolute atomic E-state index is 13.0. The molecule has 0 unspecified atom stereocenters. The van der Waals surface area contributed by atoms with Gasteiger partial charge in [0.05, 0.1) is 22.8 Å². The number of para-hydroxylation sites is 1. The van der Waals surface area contributed by atoms with Gasteiger partial charge < -0.3 is 14.7 Å². The molecule has 154 valence electrons. The van der Waals surface area contributed by atoms with Crippen LogP contribution in [-0.2, 0) is 14.8 Å². The number of rotatable bonds is 5. The summed E-state index contributed by atoms with van der Waals surface area (Å²) in [6.45, 7) is 3.66. The predicted molar refractivity (Wildman–Crippen MR) is 114 cm³/mol. The van der Waals surface area contributed by atoms with Gasteiger partial charge in [0.1, 0.15) is 5.52 Å². The van der Waals surface area contributed by atoms with Crippen molar-refractivity contribution in [3.05, 3.63) is 70.1 Å². The average molecular weight is 425 g/mol. The first-order valence-corrected chi connectivity index (χ1v) is 10.7. The Morgan fingerprint density at radius 1 is 1.17 bits per heavy atom. The number of hydrogen-bond donors (Lipinski definition) is 3. The second-order valence-electron chi connectivity index (χ2n) is 6.75. The Morgan fingerprint density at radius 3 is 2.67 bits per heavy atom. The Morgan fingerprint density at radius 2 is 1.93 bits per heavy atom. The van der Waals surface area contributed by atoms with Gasteiger partial charge in [0, 0.05) is 22.5 Å². The first kappa shape index (κ1) is 19.7. The number of H-pyrrole nitrogens is 2. The molecule has 0 spiro atoms. The summed E-state index contributed by atoms with van der Waals surface area (Å²) >= 11 is 0. The molecule has 2 aromatic carbocycles. The van der Waals surface area contributed by atoms with E-state index in [1.54, 1.807) is 32.0 Å². The Kier molecular flexibility index (Phi) is 4.83. The zero-order valence-corrected chi connectivity index (χ0v) is 17.1. The molecular formula is C21H19N3O5S. The Balaban J connectivity index is 1.91. The standard InChI is InChI=1S/C21H19N3O5S/c1-3-29-21(26)15-11-22-19-18(15)14-10-13(8-9-17(14)23-20(19)25)30(27,28)24-16-7-5-4-6-12(16)2/h4-11,22,24H,3H2,1-2H3,(H,23,25). The fraction of sp³-hybridized carbons (Fsp3) is 0.143. The second kappa shape index (κ2) is 7.34. The molecule has 0 aliphatic carbocycles. The molecule has 0 bridgehead atoms. The number of esters is 1. The minimum Gasteiger partial charge on any atom is -0.462 e. The van der Waals surface area contributed by atoms with Crippen molar-refractivity contribution in [1.29, 1.82) is 0 Å². The van der Waals surface area contributed by atoms with E-state index in [0.29, 0.717) is 22.0 Å². The molecule has 30 heavy (non-hydrogen) atoms. The van der Waals surface area contributed by atoms with E-state index in [9.17, 15) is 18.0 Å². The number of nitrogens with one attached hydrogen (secondary N) is 3. The highest BCUT2D eigenvalue weighted by Gasteiger charge is 2.21. The summed E-state index contributed by atoms with van der Waals surface area (Å²) < 4.78 is 33.6. The number of aryl methyl sites for hydroxylation is 1. The number of sulfonamides is 1. The number of aromatic nitrogens is 2. The Hall–Kier alpha value is -3.59. The number of fused-ring (bicyclic) bond motifs is 3. The fourth-order valence-corrected chi connectivity index (χ4v) is 4.49. The highest BCUT2D eigenvalue weighted by molar-refractivity contribution is 7.92. The third-order valence-corrected chi connectivity index (χ3v) is 6.17. The van der Waals surface area contributed by atoms with Crippen LogP contribution in [0.15, 0.2) is 58.4 Å². The largest absolute Gasteiger partial charge is 0.462 e. The maximum Gasteiger partial charge on any atom is 0.340 e. The van der Waals surface area contributed by atoms with Crippen molar-refractivity contribution < 1.29 is 17.9 Å². The molecule has 3 N–H and O–H groups in total. The van der Waals surface area contributed by atoms with Gasteiger partial charge in [-0.25, -0.2) is 13.2 Å². The van der Waals surface area contributed by atoms with Gasteiger partial charge in [-0.05, 0) is 43.7 Å². The predicted octanol–water partition coefficient (Wildman–Crippen LogP) is 3.30. The SMILES string of the molecule is CCOC(=O)c1c[nH]c2c(=O)[nH]c3ccc(S(=O)(=O)Nc4ccccc4C)cc3c12. The van der Waals surface area contributed by atoms with E-state index in [4.69, 9.17) is 4.74 Å². The average Bonchev–Trinajstić information content (AvgIpc) is 3.16. The summed E-state index contributed by atoms with van der Waals surface area (Å²) in [6, 6.07) is 11.4. The van der Waals surface area contributed by atoms with Crippen LogP contribution in [0.4, 0.5) is 5.69 Å². The van der Waals surface area contributed by atoms with Gasteiger partial charge in [0.2, 0.25) is 0 Å². The number of anilines is 1. The van der Waals surface area contributed by atoms with E-state index in [0.717, 1.165) is 5.56 Å². The molecular weight excluding hydrogens is 406 g/mol. The van der Waals surface area contributed by atoms with Gasteiger partial charge in [-0.15, -0.1) is 0 Å². The number of hydrogen-bond acceptors (Lipinski definition) is 5. The van der Waals surface area contributed by atoms with Gasteiger partial charge >= 0.3 is 5.97 Å². The van der Waals surface area contributed by atoms with E-state index in [1.165, 1.54) is 24.4 Å². The van der Waals surface area contributed by atoms with Gasteiger partial charge in [0.15, 0.2) is 0 Å². The van der Waals surface area contributed by atoms with Crippen molar-refractivity contribution in [1.82, 2.24) is 9.97 Å². The number of carbonyl (C=O) groups excluding carboxylic acids is 1. The lowest BCUT2D eigenvalue weighted by molar-refractivity contribution is 0.0529. The quantitative estimate of drug-likeness (QED) is 0.424. The number of ether oxygens (including phenoxy) is 1. The van der Waals surface area contributed by atoms with E-state index < -0.39 is 21.6 Å². The number of benzene rings is 2. The van der Waals surface area contributed by atoms with Crippen LogP contribution in [0, 0.1) is 6.92 Å². The number of aromatic amines is 2. The van der Waals surface area contributed by atoms with Crippen molar-refractivity contribution in [2.24, 2.45) is 0 Å². The molecule has 2 aromatic heterocycles. The molecule has 0 aliphatic heterocycles. The second-order valence-corrected chi connectivity index (χ2v) is 8.44. The highest BCUT2D eigenvalue weighted by atomic mass is 32.2. The maximum atomic E-state index is 13.0. The van der Waals surface area contributed by atoms with Gasteiger partial charge in [-0.2, -0.15) is 0 Å². The van der Waals surface area contributed by atoms with E-state index in [1.807, 2.05) is 6.07 Å². The van der Waals surface area contributed by atoms with Gasteiger partial charge in [0.25, 0.3) is 15.6 Å². The lowest BCUT2D eigenvalue weighted by Crippen LogP contribution is -2.14. The summed E-state index contributed by atoms with van der Waals surface area (Å²) in [5.74, 6) is -0.595. The molecule has 0 saturated carbocycles. The highest BCUT2D eigenvalue weighted by Crippen LogP contribution is 2.28. The van der Waals surface area contributed by atoms with Crippen LogP contribution in [0.3, 0.4) is 0 Å².